The van der Waals surface area contributed by atoms with Crippen molar-refractivity contribution < 1.29 is 8.83 Å². The Bertz CT molecular complexity index is 389. The normalized spacial score (nSPS) is 10.7. The molecule has 0 amide bonds. The molecule has 2 aromatic rings. The van der Waals surface area contributed by atoms with Crippen molar-refractivity contribution in [2.75, 3.05) is 7.05 Å². The van der Waals surface area contributed by atoms with Gasteiger partial charge in [-0.05, 0) is 37.2 Å². The minimum atomic E-state index is 0.783. The summed E-state index contributed by atoms with van der Waals surface area (Å²) in [7, 11) is 1.91. The molecule has 0 radical (unpaired) electrons. The molecule has 0 aliphatic heterocycles. The topological polar surface area (TPSA) is 38.3 Å². The Morgan fingerprint density at radius 1 is 1.13 bits per heavy atom. The van der Waals surface area contributed by atoms with Crippen LogP contribution in [0.4, 0.5) is 0 Å². The Labute approximate surface area is 89.1 Å². The van der Waals surface area contributed by atoms with E-state index in [-0.39, 0.29) is 0 Å². The predicted molar refractivity (Wildman–Crippen MR) is 57.6 cm³/mol. The minimum Gasteiger partial charge on any atom is -0.472 e. The molecular formula is C12H15NO2. The van der Waals surface area contributed by atoms with Gasteiger partial charge in [-0.25, -0.2) is 0 Å². The van der Waals surface area contributed by atoms with Gasteiger partial charge >= 0.3 is 0 Å². The number of aryl methyl sites for hydroxylation is 2. The van der Waals surface area contributed by atoms with Crippen molar-refractivity contribution in [3.05, 3.63) is 47.8 Å². The van der Waals surface area contributed by atoms with Gasteiger partial charge < -0.3 is 14.2 Å². The van der Waals surface area contributed by atoms with E-state index in [9.17, 15) is 0 Å². The van der Waals surface area contributed by atoms with Crippen LogP contribution in [0, 0.1) is 0 Å². The molecule has 0 unspecified atom stereocenters. The molecule has 0 fully saturated rings. The van der Waals surface area contributed by atoms with E-state index in [1.807, 2.05) is 25.2 Å². The third-order valence-electron chi connectivity index (χ3n) is 2.31. The van der Waals surface area contributed by atoms with Gasteiger partial charge in [-0.1, -0.05) is 0 Å². The fourth-order valence-electron chi connectivity index (χ4n) is 1.53. The zero-order valence-electron chi connectivity index (χ0n) is 8.82. The lowest BCUT2D eigenvalue weighted by Gasteiger charge is -1.95. The van der Waals surface area contributed by atoms with E-state index >= 15 is 0 Å². The SMILES string of the molecule is CNCc1ccc(CCc2ccoc2)o1. The van der Waals surface area contributed by atoms with Crippen LogP contribution in [0.15, 0.2) is 39.6 Å². The molecule has 0 atom stereocenters. The van der Waals surface area contributed by atoms with E-state index in [0.29, 0.717) is 0 Å². The summed E-state index contributed by atoms with van der Waals surface area (Å²) in [6.07, 6.45) is 5.35. The highest BCUT2D eigenvalue weighted by Gasteiger charge is 2.02. The summed E-state index contributed by atoms with van der Waals surface area (Å²) in [6, 6.07) is 6.03. The molecule has 0 aromatic carbocycles. The Kier molecular flexibility index (Phi) is 3.25. The second-order valence-electron chi connectivity index (χ2n) is 3.53. The lowest BCUT2D eigenvalue weighted by atomic mass is 10.1. The molecule has 0 saturated carbocycles. The number of rotatable bonds is 5. The quantitative estimate of drug-likeness (QED) is 0.814. The third kappa shape index (κ3) is 2.73. The molecule has 3 nitrogen and oxygen atoms in total. The van der Waals surface area contributed by atoms with Gasteiger partial charge in [0, 0.05) is 6.42 Å². The average Bonchev–Trinajstić information content (AvgIpc) is 2.85. The molecule has 0 bridgehead atoms. The van der Waals surface area contributed by atoms with Crippen LogP contribution in [-0.2, 0) is 19.4 Å². The van der Waals surface area contributed by atoms with E-state index in [4.69, 9.17) is 8.83 Å². The van der Waals surface area contributed by atoms with Crippen molar-refractivity contribution in [3.63, 3.8) is 0 Å². The van der Waals surface area contributed by atoms with Crippen molar-refractivity contribution in [1.82, 2.24) is 5.32 Å². The van der Waals surface area contributed by atoms with Gasteiger partial charge in [-0.15, -0.1) is 0 Å². The van der Waals surface area contributed by atoms with Crippen LogP contribution < -0.4 is 5.32 Å². The van der Waals surface area contributed by atoms with E-state index in [1.165, 1.54) is 5.56 Å². The summed E-state index contributed by atoms with van der Waals surface area (Å²) < 4.78 is 10.6. The van der Waals surface area contributed by atoms with E-state index in [2.05, 4.69) is 5.32 Å². The number of hydrogen-bond acceptors (Lipinski definition) is 3. The molecule has 2 rings (SSSR count). The molecular weight excluding hydrogens is 190 g/mol. The van der Waals surface area contributed by atoms with Crippen molar-refractivity contribution in [1.29, 1.82) is 0 Å². The minimum absolute atomic E-state index is 0.783. The maximum Gasteiger partial charge on any atom is 0.117 e. The number of furan rings is 2. The molecule has 0 aliphatic carbocycles. The average molecular weight is 205 g/mol. The predicted octanol–water partition coefficient (Wildman–Crippen LogP) is 2.38. The van der Waals surface area contributed by atoms with Gasteiger partial charge in [-0.3, -0.25) is 0 Å². The van der Waals surface area contributed by atoms with Crippen molar-refractivity contribution in [2.45, 2.75) is 19.4 Å². The van der Waals surface area contributed by atoms with Crippen LogP contribution >= 0.6 is 0 Å². The zero-order chi connectivity index (χ0) is 10.5. The van der Waals surface area contributed by atoms with Crippen LogP contribution in [-0.4, -0.2) is 7.05 Å². The highest BCUT2D eigenvalue weighted by Crippen LogP contribution is 2.11. The van der Waals surface area contributed by atoms with Gasteiger partial charge in [-0.2, -0.15) is 0 Å². The summed E-state index contributed by atoms with van der Waals surface area (Å²) in [6.45, 7) is 0.783. The Balaban J connectivity index is 1.88. The fourth-order valence-corrected chi connectivity index (χ4v) is 1.53. The summed E-state index contributed by atoms with van der Waals surface area (Å²) in [5.74, 6) is 2.01. The Morgan fingerprint density at radius 3 is 2.73 bits per heavy atom. The molecule has 80 valence electrons. The molecule has 0 aliphatic rings. The maximum atomic E-state index is 5.63. The van der Waals surface area contributed by atoms with E-state index < -0.39 is 0 Å². The van der Waals surface area contributed by atoms with E-state index in [0.717, 1.165) is 30.9 Å². The van der Waals surface area contributed by atoms with Crippen molar-refractivity contribution in [3.8, 4) is 0 Å². The smallest absolute Gasteiger partial charge is 0.117 e. The van der Waals surface area contributed by atoms with Crippen LogP contribution in [0.1, 0.15) is 17.1 Å². The van der Waals surface area contributed by atoms with Gasteiger partial charge in [0.25, 0.3) is 0 Å². The lowest BCUT2D eigenvalue weighted by Crippen LogP contribution is -2.03. The molecule has 3 heteroatoms. The summed E-state index contributed by atoms with van der Waals surface area (Å²) in [4.78, 5) is 0. The highest BCUT2D eigenvalue weighted by atomic mass is 16.3. The molecule has 2 aromatic heterocycles. The number of hydrogen-bond donors (Lipinski definition) is 1. The van der Waals surface area contributed by atoms with Gasteiger partial charge in [0.05, 0.1) is 19.1 Å². The van der Waals surface area contributed by atoms with Gasteiger partial charge in [0.15, 0.2) is 0 Å². The molecule has 0 spiro atoms. The van der Waals surface area contributed by atoms with E-state index in [1.54, 1.807) is 12.5 Å². The number of nitrogens with one attached hydrogen (secondary N) is 1. The largest absolute Gasteiger partial charge is 0.472 e. The van der Waals surface area contributed by atoms with Crippen LogP contribution in [0.5, 0.6) is 0 Å². The van der Waals surface area contributed by atoms with Crippen molar-refractivity contribution in [2.24, 2.45) is 0 Å². The summed E-state index contributed by atoms with van der Waals surface area (Å²) >= 11 is 0. The molecule has 15 heavy (non-hydrogen) atoms. The third-order valence-corrected chi connectivity index (χ3v) is 2.31. The van der Waals surface area contributed by atoms with Crippen LogP contribution in [0.3, 0.4) is 0 Å². The lowest BCUT2D eigenvalue weighted by molar-refractivity contribution is 0.454. The summed E-state index contributed by atoms with van der Waals surface area (Å²) in [5, 5.41) is 3.06. The zero-order valence-corrected chi connectivity index (χ0v) is 8.82. The Morgan fingerprint density at radius 2 is 2.00 bits per heavy atom. The van der Waals surface area contributed by atoms with Crippen molar-refractivity contribution >= 4 is 0 Å². The van der Waals surface area contributed by atoms with Crippen LogP contribution in [0.2, 0.25) is 0 Å². The standard InChI is InChI=1S/C12H15NO2/c1-13-8-12-5-4-11(15-12)3-2-10-6-7-14-9-10/h4-7,9,13H,2-3,8H2,1H3. The first kappa shape index (κ1) is 10.1. The first-order valence-electron chi connectivity index (χ1n) is 5.12. The second-order valence-corrected chi connectivity index (χ2v) is 3.53. The maximum absolute atomic E-state index is 5.63. The first-order valence-corrected chi connectivity index (χ1v) is 5.12. The summed E-state index contributed by atoms with van der Waals surface area (Å²) in [5.41, 5.74) is 1.21. The Hall–Kier alpha value is -1.48. The molecule has 1 N–H and O–H groups in total. The molecule has 0 saturated heterocycles. The highest BCUT2D eigenvalue weighted by molar-refractivity contribution is 5.11. The first-order chi connectivity index (χ1) is 7.38. The second kappa shape index (κ2) is 4.84. The fraction of sp³-hybridized carbons (Fsp3) is 0.333. The van der Waals surface area contributed by atoms with Crippen LogP contribution in [0.25, 0.3) is 0 Å². The van der Waals surface area contributed by atoms with Gasteiger partial charge in [0.2, 0.25) is 0 Å². The monoisotopic (exact) mass is 205 g/mol. The van der Waals surface area contributed by atoms with Gasteiger partial charge in [0.1, 0.15) is 11.5 Å². The molecule has 2 heterocycles.